The largest absolute Gasteiger partial charge is 0.454 e. The number of ether oxygens (including phenoxy) is 2. The summed E-state index contributed by atoms with van der Waals surface area (Å²) in [6, 6.07) is 12.7. The molecule has 6 heteroatoms. The number of amides is 1. The number of hydrogen-bond donors (Lipinski definition) is 1. The first-order valence-corrected chi connectivity index (χ1v) is 7.43. The van der Waals surface area contributed by atoms with E-state index < -0.39 is 0 Å². The molecule has 0 aliphatic carbocycles. The van der Waals surface area contributed by atoms with Crippen LogP contribution in [0.4, 0.5) is 0 Å². The molecule has 0 saturated carbocycles. The topological polar surface area (TPSA) is 59.9 Å². The Labute approximate surface area is 136 Å². The van der Waals surface area contributed by atoms with Crippen LogP contribution in [0.15, 0.2) is 52.0 Å². The van der Waals surface area contributed by atoms with Crippen LogP contribution in [0.5, 0.6) is 11.5 Å². The Morgan fingerprint density at radius 1 is 1.18 bits per heavy atom. The summed E-state index contributed by atoms with van der Waals surface area (Å²) in [5.74, 6) is 1.13. The second kappa shape index (κ2) is 6.19. The van der Waals surface area contributed by atoms with E-state index in [1.807, 2.05) is 37.3 Å². The van der Waals surface area contributed by atoms with Gasteiger partial charge in [-0.15, -0.1) is 0 Å². The molecule has 2 aromatic rings. The number of hydrogen-bond acceptors (Lipinski definition) is 4. The molecular weight excluding hydrogens is 348 g/mol. The van der Waals surface area contributed by atoms with Gasteiger partial charge in [-0.3, -0.25) is 4.79 Å². The molecule has 0 radical (unpaired) electrons. The number of rotatable bonds is 3. The Morgan fingerprint density at radius 2 is 1.95 bits per heavy atom. The molecule has 1 heterocycles. The lowest BCUT2D eigenvalue weighted by Crippen LogP contribution is -2.19. The zero-order chi connectivity index (χ0) is 15.5. The van der Waals surface area contributed by atoms with Gasteiger partial charge < -0.3 is 9.47 Å². The van der Waals surface area contributed by atoms with Crippen molar-refractivity contribution in [2.45, 2.75) is 6.92 Å². The van der Waals surface area contributed by atoms with E-state index in [0.29, 0.717) is 22.8 Å². The van der Waals surface area contributed by atoms with Crippen molar-refractivity contribution in [3.63, 3.8) is 0 Å². The van der Waals surface area contributed by atoms with E-state index in [9.17, 15) is 4.79 Å². The third-order valence-corrected chi connectivity index (χ3v) is 3.93. The number of nitrogens with zero attached hydrogens (tertiary/aromatic N) is 1. The number of carbonyl (C=O) groups is 1. The van der Waals surface area contributed by atoms with Crippen LogP contribution in [0.3, 0.4) is 0 Å². The molecule has 0 saturated heterocycles. The fraction of sp³-hybridized carbons (Fsp3) is 0.125. The van der Waals surface area contributed by atoms with Crippen molar-refractivity contribution in [1.29, 1.82) is 0 Å². The van der Waals surface area contributed by atoms with Crippen LogP contribution < -0.4 is 14.9 Å². The van der Waals surface area contributed by atoms with Gasteiger partial charge >= 0.3 is 0 Å². The minimum absolute atomic E-state index is 0.230. The van der Waals surface area contributed by atoms with Crippen molar-refractivity contribution >= 4 is 27.5 Å². The maximum Gasteiger partial charge on any atom is 0.272 e. The van der Waals surface area contributed by atoms with Gasteiger partial charge in [-0.05, 0) is 53.2 Å². The molecule has 0 aromatic heterocycles. The molecule has 0 fully saturated rings. The van der Waals surface area contributed by atoms with Crippen molar-refractivity contribution in [2.24, 2.45) is 5.10 Å². The monoisotopic (exact) mass is 360 g/mol. The zero-order valence-corrected chi connectivity index (χ0v) is 13.4. The lowest BCUT2D eigenvalue weighted by atomic mass is 10.1. The van der Waals surface area contributed by atoms with Crippen LogP contribution in [0.1, 0.15) is 22.8 Å². The van der Waals surface area contributed by atoms with Crippen LogP contribution in [-0.4, -0.2) is 18.4 Å². The van der Waals surface area contributed by atoms with Gasteiger partial charge in [0, 0.05) is 10.0 Å². The van der Waals surface area contributed by atoms with E-state index in [0.717, 1.165) is 10.0 Å². The molecular formula is C16H13BrN2O3. The standard InChI is InChI=1S/C16H13BrN2O3/c1-10(11-6-7-14-15(8-11)22-9-21-14)18-19-16(20)12-4-2-3-5-13(12)17/h2-8H,9H2,1H3,(H,19,20). The van der Waals surface area contributed by atoms with Crippen LogP contribution in [0.2, 0.25) is 0 Å². The van der Waals surface area contributed by atoms with Crippen molar-refractivity contribution in [2.75, 3.05) is 6.79 Å². The van der Waals surface area contributed by atoms with Gasteiger partial charge in [-0.25, -0.2) is 5.43 Å². The summed E-state index contributed by atoms with van der Waals surface area (Å²) in [5, 5.41) is 4.14. The molecule has 1 N–H and O–H groups in total. The zero-order valence-electron chi connectivity index (χ0n) is 11.8. The van der Waals surface area contributed by atoms with E-state index in [2.05, 4.69) is 26.5 Å². The summed E-state index contributed by atoms with van der Waals surface area (Å²) in [5.41, 5.74) is 4.62. The van der Waals surface area contributed by atoms with Gasteiger partial charge in [-0.1, -0.05) is 12.1 Å². The highest BCUT2D eigenvalue weighted by molar-refractivity contribution is 9.10. The highest BCUT2D eigenvalue weighted by atomic mass is 79.9. The average Bonchev–Trinajstić information content (AvgIpc) is 3.00. The summed E-state index contributed by atoms with van der Waals surface area (Å²) < 4.78 is 11.3. The SMILES string of the molecule is CC(=NNC(=O)c1ccccc1Br)c1ccc2c(c1)OCO2. The minimum Gasteiger partial charge on any atom is -0.454 e. The Hall–Kier alpha value is -2.34. The van der Waals surface area contributed by atoms with Crippen molar-refractivity contribution < 1.29 is 14.3 Å². The third kappa shape index (κ3) is 2.96. The molecule has 1 aliphatic rings. The Bertz CT molecular complexity index is 759. The summed E-state index contributed by atoms with van der Waals surface area (Å²) >= 11 is 3.34. The minimum atomic E-state index is -0.271. The molecule has 5 nitrogen and oxygen atoms in total. The highest BCUT2D eigenvalue weighted by Gasteiger charge is 2.14. The molecule has 0 bridgehead atoms. The van der Waals surface area contributed by atoms with E-state index in [4.69, 9.17) is 9.47 Å². The lowest BCUT2D eigenvalue weighted by molar-refractivity contribution is 0.0954. The lowest BCUT2D eigenvalue weighted by Gasteiger charge is -2.05. The van der Waals surface area contributed by atoms with Crippen LogP contribution in [-0.2, 0) is 0 Å². The normalized spacial score (nSPS) is 13.1. The first-order chi connectivity index (χ1) is 10.6. The van der Waals surface area contributed by atoms with Gasteiger partial charge in [0.05, 0.1) is 11.3 Å². The predicted octanol–water partition coefficient (Wildman–Crippen LogP) is 3.33. The van der Waals surface area contributed by atoms with Crippen molar-refractivity contribution in [1.82, 2.24) is 5.43 Å². The van der Waals surface area contributed by atoms with Gasteiger partial charge in [0.2, 0.25) is 6.79 Å². The first kappa shape index (κ1) is 14.6. The number of benzene rings is 2. The number of halogens is 1. The molecule has 112 valence electrons. The highest BCUT2D eigenvalue weighted by Crippen LogP contribution is 2.32. The fourth-order valence-corrected chi connectivity index (χ4v) is 2.49. The second-order valence-corrected chi connectivity index (χ2v) is 5.54. The molecule has 3 rings (SSSR count). The van der Waals surface area contributed by atoms with Gasteiger partial charge in [-0.2, -0.15) is 5.10 Å². The van der Waals surface area contributed by atoms with Crippen molar-refractivity contribution in [3.05, 3.63) is 58.1 Å². The summed E-state index contributed by atoms with van der Waals surface area (Å²) in [6.45, 7) is 2.05. The van der Waals surface area contributed by atoms with E-state index >= 15 is 0 Å². The number of hydrazone groups is 1. The van der Waals surface area contributed by atoms with Crippen LogP contribution in [0.25, 0.3) is 0 Å². The molecule has 22 heavy (non-hydrogen) atoms. The van der Waals surface area contributed by atoms with Crippen LogP contribution in [0, 0.1) is 0 Å². The number of fused-ring (bicyclic) bond motifs is 1. The van der Waals surface area contributed by atoms with E-state index in [1.54, 1.807) is 12.1 Å². The molecule has 1 amide bonds. The summed E-state index contributed by atoms with van der Waals surface area (Å²) in [6.07, 6.45) is 0. The summed E-state index contributed by atoms with van der Waals surface area (Å²) in [7, 11) is 0. The molecule has 1 aliphatic heterocycles. The molecule has 0 unspecified atom stereocenters. The number of carbonyl (C=O) groups excluding carboxylic acids is 1. The quantitative estimate of drug-likeness (QED) is 0.674. The maximum atomic E-state index is 12.1. The molecule has 0 spiro atoms. The Morgan fingerprint density at radius 3 is 2.77 bits per heavy atom. The Kier molecular flexibility index (Phi) is 4.11. The van der Waals surface area contributed by atoms with E-state index in [1.165, 1.54) is 0 Å². The van der Waals surface area contributed by atoms with Gasteiger partial charge in [0.1, 0.15) is 0 Å². The van der Waals surface area contributed by atoms with Gasteiger partial charge in [0.25, 0.3) is 5.91 Å². The first-order valence-electron chi connectivity index (χ1n) is 6.64. The Balaban J connectivity index is 1.75. The van der Waals surface area contributed by atoms with E-state index in [-0.39, 0.29) is 12.7 Å². The third-order valence-electron chi connectivity index (χ3n) is 3.23. The predicted molar refractivity (Wildman–Crippen MR) is 86.4 cm³/mol. The fourth-order valence-electron chi connectivity index (χ4n) is 2.03. The van der Waals surface area contributed by atoms with Crippen molar-refractivity contribution in [3.8, 4) is 11.5 Å². The molecule has 2 aromatic carbocycles. The van der Waals surface area contributed by atoms with Crippen LogP contribution >= 0.6 is 15.9 Å². The smallest absolute Gasteiger partial charge is 0.272 e. The number of nitrogens with one attached hydrogen (secondary N) is 1. The average molecular weight is 361 g/mol. The maximum absolute atomic E-state index is 12.1. The van der Waals surface area contributed by atoms with Gasteiger partial charge in [0.15, 0.2) is 11.5 Å². The summed E-state index contributed by atoms with van der Waals surface area (Å²) in [4.78, 5) is 12.1. The second-order valence-electron chi connectivity index (χ2n) is 4.69. The molecule has 0 atom stereocenters.